The van der Waals surface area contributed by atoms with Crippen molar-refractivity contribution in [1.82, 2.24) is 14.3 Å². The van der Waals surface area contributed by atoms with Crippen LogP contribution in [0.4, 0.5) is 0 Å². The zero-order valence-corrected chi connectivity index (χ0v) is 16.3. The highest BCUT2D eigenvalue weighted by Gasteiger charge is 2.33. The molecule has 0 spiro atoms. The number of nitrogens with zero attached hydrogens (tertiary/aromatic N) is 2. The average molecular weight is 420 g/mol. The number of nitrogens with one attached hydrogen (secondary N) is 1. The van der Waals surface area contributed by atoms with Gasteiger partial charge in [0.25, 0.3) is 0 Å². The molecule has 0 radical (unpaired) electrons. The summed E-state index contributed by atoms with van der Waals surface area (Å²) in [6.07, 6.45) is 3.31. The second-order valence-electron chi connectivity index (χ2n) is 5.74. The first-order valence-electron chi connectivity index (χ1n) is 7.69. The van der Waals surface area contributed by atoms with Gasteiger partial charge >= 0.3 is 0 Å². The van der Waals surface area contributed by atoms with Gasteiger partial charge in [0.05, 0.1) is 4.90 Å². The van der Waals surface area contributed by atoms with Gasteiger partial charge in [-0.05, 0) is 46.1 Å². The first kappa shape index (κ1) is 17.8. The third-order valence-electron chi connectivity index (χ3n) is 4.00. The molecular weight excluding hydrogens is 402 g/mol. The van der Waals surface area contributed by atoms with E-state index in [1.165, 1.54) is 4.31 Å². The lowest BCUT2D eigenvalue weighted by Gasteiger charge is -2.27. The lowest BCUT2D eigenvalue weighted by molar-refractivity contribution is 0.406. The smallest absolute Gasteiger partial charge is 0.244 e. The standard InChI is InChI=1S/C18H18BrN3O2S/c1-13-8-9-16(15(19)12-13)25(23,24)22(2)17(18-20-10-11-21-18)14-6-4-3-5-7-14/h3-12,17H,1-2H3,(H,20,21). The van der Waals surface area contributed by atoms with E-state index in [0.29, 0.717) is 10.3 Å². The van der Waals surface area contributed by atoms with Crippen LogP contribution in [0, 0.1) is 6.92 Å². The molecule has 0 saturated heterocycles. The van der Waals surface area contributed by atoms with Gasteiger partial charge in [-0.3, -0.25) is 0 Å². The number of sulfonamides is 1. The molecule has 0 saturated carbocycles. The predicted molar refractivity (Wildman–Crippen MR) is 101 cm³/mol. The molecule has 3 aromatic rings. The van der Waals surface area contributed by atoms with Gasteiger partial charge in [0.2, 0.25) is 10.0 Å². The van der Waals surface area contributed by atoms with E-state index in [2.05, 4.69) is 25.9 Å². The molecule has 1 unspecified atom stereocenters. The van der Waals surface area contributed by atoms with Crippen LogP contribution in [0.2, 0.25) is 0 Å². The second-order valence-corrected chi connectivity index (χ2v) is 8.56. The molecule has 0 fully saturated rings. The number of hydrogen-bond donors (Lipinski definition) is 1. The highest BCUT2D eigenvalue weighted by atomic mass is 79.9. The van der Waals surface area contributed by atoms with Gasteiger partial charge in [-0.15, -0.1) is 0 Å². The number of halogens is 1. The summed E-state index contributed by atoms with van der Waals surface area (Å²) in [5.41, 5.74) is 1.82. The van der Waals surface area contributed by atoms with E-state index in [1.807, 2.05) is 37.3 Å². The molecule has 1 heterocycles. The Morgan fingerprint density at radius 1 is 1.16 bits per heavy atom. The van der Waals surface area contributed by atoms with Gasteiger partial charge in [-0.2, -0.15) is 4.31 Å². The molecule has 1 atom stereocenters. The van der Waals surface area contributed by atoms with Gasteiger partial charge in [0, 0.05) is 23.9 Å². The van der Waals surface area contributed by atoms with E-state index in [9.17, 15) is 8.42 Å². The summed E-state index contributed by atoms with van der Waals surface area (Å²) in [5, 5.41) is 0. The van der Waals surface area contributed by atoms with Crippen molar-refractivity contribution in [2.75, 3.05) is 7.05 Å². The van der Waals surface area contributed by atoms with Crippen LogP contribution in [0.25, 0.3) is 0 Å². The second kappa shape index (κ2) is 7.11. The minimum absolute atomic E-state index is 0.230. The molecule has 5 nitrogen and oxygen atoms in total. The van der Waals surface area contributed by atoms with Crippen molar-refractivity contribution in [3.05, 3.63) is 82.3 Å². The number of aromatic nitrogens is 2. The van der Waals surface area contributed by atoms with Crippen molar-refractivity contribution < 1.29 is 8.42 Å². The highest BCUT2D eigenvalue weighted by molar-refractivity contribution is 9.10. The third-order valence-corrected chi connectivity index (χ3v) is 6.80. The molecule has 25 heavy (non-hydrogen) atoms. The Labute approximate surface area is 155 Å². The maximum atomic E-state index is 13.2. The number of rotatable bonds is 5. The van der Waals surface area contributed by atoms with E-state index in [0.717, 1.165) is 11.1 Å². The first-order valence-corrected chi connectivity index (χ1v) is 9.93. The van der Waals surface area contributed by atoms with Gasteiger partial charge in [-0.25, -0.2) is 13.4 Å². The van der Waals surface area contributed by atoms with E-state index in [4.69, 9.17) is 0 Å². The molecule has 1 aromatic heterocycles. The van der Waals surface area contributed by atoms with Crippen molar-refractivity contribution in [1.29, 1.82) is 0 Å². The van der Waals surface area contributed by atoms with Crippen molar-refractivity contribution in [3.8, 4) is 0 Å². The van der Waals surface area contributed by atoms with Gasteiger partial charge in [-0.1, -0.05) is 36.4 Å². The monoisotopic (exact) mass is 419 g/mol. The maximum absolute atomic E-state index is 13.2. The molecule has 2 aromatic carbocycles. The summed E-state index contributed by atoms with van der Waals surface area (Å²) >= 11 is 3.38. The van der Waals surface area contributed by atoms with Crippen LogP contribution in [0.3, 0.4) is 0 Å². The lowest BCUT2D eigenvalue weighted by atomic mass is 10.1. The van der Waals surface area contributed by atoms with Crippen molar-refractivity contribution >= 4 is 26.0 Å². The summed E-state index contributed by atoms with van der Waals surface area (Å²) < 4.78 is 28.3. The summed E-state index contributed by atoms with van der Waals surface area (Å²) in [5.74, 6) is 0.570. The minimum Gasteiger partial charge on any atom is -0.347 e. The number of H-pyrrole nitrogens is 1. The number of hydrogen-bond acceptors (Lipinski definition) is 3. The number of aromatic amines is 1. The van der Waals surface area contributed by atoms with Crippen LogP contribution in [0.5, 0.6) is 0 Å². The largest absolute Gasteiger partial charge is 0.347 e. The van der Waals surface area contributed by atoms with Crippen LogP contribution in [0.15, 0.2) is 70.3 Å². The normalized spacial score (nSPS) is 13.1. The van der Waals surface area contributed by atoms with Crippen molar-refractivity contribution in [2.24, 2.45) is 0 Å². The molecule has 0 amide bonds. The quantitative estimate of drug-likeness (QED) is 0.681. The van der Waals surface area contributed by atoms with Crippen molar-refractivity contribution in [3.63, 3.8) is 0 Å². The Hall–Kier alpha value is -1.96. The number of imidazole rings is 1. The first-order chi connectivity index (χ1) is 11.9. The van der Waals surface area contributed by atoms with Gasteiger partial charge in [0.1, 0.15) is 11.9 Å². The van der Waals surface area contributed by atoms with Crippen LogP contribution >= 0.6 is 15.9 Å². The molecule has 3 rings (SSSR count). The van der Waals surface area contributed by atoms with Crippen LogP contribution < -0.4 is 0 Å². The molecular formula is C18H18BrN3O2S. The van der Waals surface area contributed by atoms with Crippen LogP contribution in [0.1, 0.15) is 23.0 Å². The predicted octanol–water partition coefficient (Wildman–Crippen LogP) is 3.89. The maximum Gasteiger partial charge on any atom is 0.244 e. The Morgan fingerprint density at radius 2 is 1.88 bits per heavy atom. The van der Waals surface area contributed by atoms with Gasteiger partial charge < -0.3 is 4.98 Å². The SMILES string of the molecule is Cc1ccc(S(=O)(=O)N(C)C(c2ccccc2)c2ncc[nH]2)c(Br)c1. The zero-order valence-electron chi connectivity index (χ0n) is 13.8. The van der Waals surface area contributed by atoms with Gasteiger partial charge in [0.15, 0.2) is 0 Å². The summed E-state index contributed by atoms with van der Waals surface area (Å²) in [4.78, 5) is 7.55. The van der Waals surface area contributed by atoms with Crippen LogP contribution in [-0.4, -0.2) is 29.7 Å². The molecule has 7 heteroatoms. The summed E-state index contributed by atoms with van der Waals surface area (Å²) in [7, 11) is -2.16. The summed E-state index contributed by atoms with van der Waals surface area (Å²) in [6, 6.07) is 14.1. The zero-order chi connectivity index (χ0) is 18.0. The molecule has 0 aliphatic rings. The summed E-state index contributed by atoms with van der Waals surface area (Å²) in [6.45, 7) is 1.92. The molecule has 0 bridgehead atoms. The Balaban J connectivity index is 2.10. The van der Waals surface area contributed by atoms with Crippen LogP contribution in [-0.2, 0) is 10.0 Å². The van der Waals surface area contributed by atoms with E-state index in [-0.39, 0.29) is 4.90 Å². The van der Waals surface area contributed by atoms with E-state index < -0.39 is 16.1 Å². The topological polar surface area (TPSA) is 66.1 Å². The Bertz CT molecular complexity index is 957. The fourth-order valence-electron chi connectivity index (χ4n) is 2.71. The fraction of sp³-hybridized carbons (Fsp3) is 0.167. The third kappa shape index (κ3) is 3.53. The fourth-order valence-corrected chi connectivity index (χ4v) is 5.17. The number of benzene rings is 2. The van der Waals surface area contributed by atoms with E-state index in [1.54, 1.807) is 37.6 Å². The average Bonchev–Trinajstić information content (AvgIpc) is 3.09. The van der Waals surface area contributed by atoms with Crippen molar-refractivity contribution in [2.45, 2.75) is 17.9 Å². The Kier molecular flexibility index (Phi) is 5.08. The van der Waals surface area contributed by atoms with E-state index >= 15 is 0 Å². The number of aryl methyl sites for hydroxylation is 1. The molecule has 1 N–H and O–H groups in total. The Morgan fingerprint density at radius 3 is 2.48 bits per heavy atom. The highest BCUT2D eigenvalue weighted by Crippen LogP contribution is 2.33. The minimum atomic E-state index is -3.73. The molecule has 130 valence electrons. The lowest BCUT2D eigenvalue weighted by Crippen LogP contribution is -2.33. The molecule has 0 aliphatic heterocycles. The molecule has 0 aliphatic carbocycles.